The summed E-state index contributed by atoms with van der Waals surface area (Å²) in [7, 11) is 0. The molecule has 49 heavy (non-hydrogen) atoms. The van der Waals surface area contributed by atoms with Gasteiger partial charge in [0.15, 0.2) is 11.2 Å². The van der Waals surface area contributed by atoms with Crippen LogP contribution in [0.25, 0.3) is 76.9 Å². The van der Waals surface area contributed by atoms with Crippen molar-refractivity contribution in [2.24, 2.45) is 0 Å². The summed E-state index contributed by atoms with van der Waals surface area (Å²) in [5, 5.41) is 6.83. The second-order valence-corrected chi connectivity index (χ2v) is 12.5. The summed E-state index contributed by atoms with van der Waals surface area (Å²) in [5.41, 5.74) is 11.1. The first-order valence-corrected chi connectivity index (χ1v) is 16.6. The molecule has 0 radical (unpaired) electrons. The number of para-hydroxylation sites is 4. The second kappa shape index (κ2) is 11.0. The third-order valence-electron chi connectivity index (χ3n) is 9.67. The van der Waals surface area contributed by atoms with E-state index in [0.29, 0.717) is 0 Å². The van der Waals surface area contributed by atoms with E-state index in [0.717, 1.165) is 66.5 Å². The highest BCUT2D eigenvalue weighted by Gasteiger charge is 2.23. The second-order valence-electron chi connectivity index (χ2n) is 12.5. The molecule has 2 heterocycles. The molecule has 0 aliphatic carbocycles. The summed E-state index contributed by atoms with van der Waals surface area (Å²) in [6.45, 7) is 0. The first-order chi connectivity index (χ1) is 24.3. The zero-order valence-electron chi connectivity index (χ0n) is 26.5. The Bertz CT molecular complexity index is 2710. The number of benzene rings is 8. The van der Waals surface area contributed by atoms with Gasteiger partial charge in [0, 0.05) is 27.2 Å². The SMILES string of the molecule is c1ccc(-c2cccc3cc(-c4ccc(N(c5cccc6c5oc5ccccc56)c5cccc6c5oc5ccccc56)cc4)ccc23)cc1. The number of furan rings is 2. The average molecular weight is 628 g/mol. The third-order valence-corrected chi connectivity index (χ3v) is 9.67. The first kappa shape index (κ1) is 27.5. The van der Waals surface area contributed by atoms with E-state index in [9.17, 15) is 0 Å². The molecule has 2 aromatic heterocycles. The highest BCUT2D eigenvalue weighted by Crippen LogP contribution is 2.46. The topological polar surface area (TPSA) is 29.5 Å². The van der Waals surface area contributed by atoms with Crippen LogP contribution in [0.2, 0.25) is 0 Å². The van der Waals surface area contributed by atoms with Gasteiger partial charge in [0.25, 0.3) is 0 Å². The van der Waals surface area contributed by atoms with Crippen molar-refractivity contribution in [3.8, 4) is 22.3 Å². The molecule has 10 aromatic rings. The van der Waals surface area contributed by atoms with E-state index in [1.54, 1.807) is 0 Å². The van der Waals surface area contributed by atoms with E-state index in [-0.39, 0.29) is 0 Å². The van der Waals surface area contributed by atoms with Gasteiger partial charge in [0.05, 0.1) is 11.4 Å². The quantitative estimate of drug-likeness (QED) is 0.190. The summed E-state index contributed by atoms with van der Waals surface area (Å²) < 4.78 is 13.2. The molecule has 0 fully saturated rings. The van der Waals surface area contributed by atoms with Gasteiger partial charge in [0.2, 0.25) is 0 Å². The molecule has 0 N–H and O–H groups in total. The van der Waals surface area contributed by atoms with Gasteiger partial charge < -0.3 is 13.7 Å². The van der Waals surface area contributed by atoms with Crippen LogP contribution in [0.5, 0.6) is 0 Å². The summed E-state index contributed by atoms with van der Waals surface area (Å²) in [4.78, 5) is 2.27. The van der Waals surface area contributed by atoms with Crippen LogP contribution in [0.15, 0.2) is 185 Å². The van der Waals surface area contributed by atoms with Gasteiger partial charge in [-0.15, -0.1) is 0 Å². The van der Waals surface area contributed by atoms with Crippen LogP contribution < -0.4 is 4.90 Å². The Labute approximate surface area is 282 Å². The number of anilines is 3. The summed E-state index contributed by atoms with van der Waals surface area (Å²) in [6.07, 6.45) is 0. The monoisotopic (exact) mass is 627 g/mol. The van der Waals surface area contributed by atoms with E-state index in [4.69, 9.17) is 8.83 Å². The third kappa shape index (κ3) is 4.44. The minimum Gasteiger partial charge on any atom is -0.454 e. The average Bonchev–Trinajstić information content (AvgIpc) is 3.75. The van der Waals surface area contributed by atoms with Crippen molar-refractivity contribution in [3.05, 3.63) is 176 Å². The Morgan fingerprint density at radius 3 is 1.55 bits per heavy atom. The molecule has 0 bridgehead atoms. The van der Waals surface area contributed by atoms with Gasteiger partial charge in [-0.25, -0.2) is 0 Å². The highest BCUT2D eigenvalue weighted by molar-refractivity contribution is 6.14. The van der Waals surface area contributed by atoms with Crippen molar-refractivity contribution in [1.29, 1.82) is 0 Å². The standard InChI is InChI=1S/C46H29NO2/c1-2-11-31(12-3-1)35-16-8-13-33-29-32(25-28-36(33)35)30-23-26-34(27-24-30)47(41-19-9-17-39-37-14-4-6-21-43(37)48-45(39)41)42-20-10-18-40-38-15-5-7-22-44(38)49-46(40)42/h1-29H. The fourth-order valence-corrected chi connectivity index (χ4v) is 7.36. The largest absolute Gasteiger partial charge is 0.454 e. The van der Waals surface area contributed by atoms with Crippen LogP contribution in [0.4, 0.5) is 17.1 Å². The van der Waals surface area contributed by atoms with Crippen molar-refractivity contribution in [2.75, 3.05) is 4.90 Å². The van der Waals surface area contributed by atoms with Crippen molar-refractivity contribution < 1.29 is 8.83 Å². The highest BCUT2D eigenvalue weighted by atomic mass is 16.3. The van der Waals surface area contributed by atoms with E-state index in [1.807, 2.05) is 24.3 Å². The van der Waals surface area contributed by atoms with Gasteiger partial charge in [0.1, 0.15) is 11.2 Å². The molecule has 0 atom stereocenters. The zero-order valence-corrected chi connectivity index (χ0v) is 26.5. The maximum atomic E-state index is 6.58. The molecule has 3 heteroatoms. The lowest BCUT2D eigenvalue weighted by atomic mass is 9.95. The predicted octanol–water partition coefficient (Wildman–Crippen LogP) is 13.4. The lowest BCUT2D eigenvalue weighted by Crippen LogP contribution is -2.10. The number of hydrogen-bond acceptors (Lipinski definition) is 3. The Kier molecular flexibility index (Phi) is 6.18. The van der Waals surface area contributed by atoms with Crippen LogP contribution in [0.3, 0.4) is 0 Å². The van der Waals surface area contributed by atoms with Crippen LogP contribution in [0.1, 0.15) is 0 Å². The maximum Gasteiger partial charge on any atom is 0.159 e. The van der Waals surface area contributed by atoms with Crippen molar-refractivity contribution in [2.45, 2.75) is 0 Å². The minimum atomic E-state index is 0.838. The molecule has 0 amide bonds. The molecule has 10 rings (SSSR count). The van der Waals surface area contributed by atoms with Crippen LogP contribution in [0, 0.1) is 0 Å². The van der Waals surface area contributed by atoms with Gasteiger partial charge in [-0.05, 0) is 75.5 Å². The Hall–Kier alpha value is -6.58. The molecule has 8 aromatic carbocycles. The van der Waals surface area contributed by atoms with E-state index < -0.39 is 0 Å². The summed E-state index contributed by atoms with van der Waals surface area (Å²) in [6, 6.07) is 61.9. The van der Waals surface area contributed by atoms with Crippen LogP contribution in [-0.4, -0.2) is 0 Å². The lowest BCUT2D eigenvalue weighted by Gasteiger charge is -2.25. The van der Waals surface area contributed by atoms with E-state index in [2.05, 4.69) is 157 Å². The number of fused-ring (bicyclic) bond motifs is 7. The number of hydrogen-bond donors (Lipinski definition) is 0. The smallest absolute Gasteiger partial charge is 0.159 e. The van der Waals surface area contributed by atoms with Gasteiger partial charge in [-0.2, -0.15) is 0 Å². The maximum absolute atomic E-state index is 6.58. The normalized spacial score (nSPS) is 11.7. The fraction of sp³-hybridized carbons (Fsp3) is 0. The van der Waals surface area contributed by atoms with Crippen molar-refractivity contribution in [1.82, 2.24) is 0 Å². The van der Waals surface area contributed by atoms with Crippen LogP contribution in [-0.2, 0) is 0 Å². The van der Waals surface area contributed by atoms with E-state index >= 15 is 0 Å². The molecule has 0 saturated carbocycles. The zero-order chi connectivity index (χ0) is 32.3. The lowest BCUT2D eigenvalue weighted by molar-refractivity contribution is 0.666. The minimum absolute atomic E-state index is 0.838. The van der Waals surface area contributed by atoms with Crippen LogP contribution >= 0.6 is 0 Å². The van der Waals surface area contributed by atoms with E-state index in [1.165, 1.54) is 27.5 Å². The molecule has 230 valence electrons. The molecule has 0 aliphatic heterocycles. The molecule has 0 spiro atoms. The van der Waals surface area contributed by atoms with Gasteiger partial charge >= 0.3 is 0 Å². The molecule has 3 nitrogen and oxygen atoms in total. The summed E-state index contributed by atoms with van der Waals surface area (Å²) >= 11 is 0. The molecular formula is C46H29NO2. The summed E-state index contributed by atoms with van der Waals surface area (Å²) in [5.74, 6) is 0. The Morgan fingerprint density at radius 1 is 0.347 bits per heavy atom. The van der Waals surface area contributed by atoms with Gasteiger partial charge in [-0.1, -0.05) is 133 Å². The first-order valence-electron chi connectivity index (χ1n) is 16.6. The number of nitrogens with zero attached hydrogens (tertiary/aromatic N) is 1. The Balaban J connectivity index is 1.14. The predicted molar refractivity (Wildman–Crippen MR) is 204 cm³/mol. The Morgan fingerprint density at radius 2 is 0.898 bits per heavy atom. The molecule has 0 saturated heterocycles. The van der Waals surface area contributed by atoms with Crippen molar-refractivity contribution >= 4 is 71.7 Å². The number of rotatable bonds is 5. The van der Waals surface area contributed by atoms with Gasteiger partial charge in [-0.3, -0.25) is 0 Å². The molecule has 0 unspecified atom stereocenters. The molecule has 0 aliphatic rings. The fourth-order valence-electron chi connectivity index (χ4n) is 7.36. The van der Waals surface area contributed by atoms with Crippen molar-refractivity contribution in [3.63, 3.8) is 0 Å². The molecular weight excluding hydrogens is 599 g/mol.